The van der Waals surface area contributed by atoms with E-state index in [2.05, 4.69) is 27.1 Å². The maximum Gasteiger partial charge on any atom is 0.219 e. The molecule has 2 aromatic heterocycles. The van der Waals surface area contributed by atoms with E-state index in [9.17, 15) is 0 Å². The second-order valence-electron chi connectivity index (χ2n) is 4.44. The fourth-order valence-corrected chi connectivity index (χ4v) is 2.92. The molecule has 96 valence electrons. The molecule has 0 bridgehead atoms. The van der Waals surface area contributed by atoms with Gasteiger partial charge in [0.15, 0.2) is 0 Å². The van der Waals surface area contributed by atoms with Crippen LogP contribution in [0.1, 0.15) is 19.8 Å². The predicted molar refractivity (Wildman–Crippen MR) is 70.5 cm³/mol. The van der Waals surface area contributed by atoms with Crippen LogP contribution >= 0.6 is 8.81 Å². The van der Waals surface area contributed by atoms with E-state index >= 15 is 0 Å². The van der Waals surface area contributed by atoms with Crippen LogP contribution in [0, 0.1) is 0 Å². The molecule has 0 radical (unpaired) electrons. The van der Waals surface area contributed by atoms with E-state index in [1.165, 1.54) is 30.8 Å². The van der Waals surface area contributed by atoms with E-state index in [-0.39, 0.29) is 0 Å². The highest BCUT2D eigenvalue weighted by atomic mass is 31.1. The lowest BCUT2D eigenvalue weighted by Gasteiger charge is -2.22. The SMILES string of the molecule is CC(POn1nnc2cccnc21)N1CCCC1. The van der Waals surface area contributed by atoms with Gasteiger partial charge in [-0.05, 0) is 50.2 Å². The summed E-state index contributed by atoms with van der Waals surface area (Å²) < 4.78 is 5.70. The van der Waals surface area contributed by atoms with Crippen LogP contribution in [0.25, 0.3) is 11.2 Å². The molecule has 2 unspecified atom stereocenters. The van der Waals surface area contributed by atoms with Gasteiger partial charge in [0.25, 0.3) is 0 Å². The van der Waals surface area contributed by atoms with Gasteiger partial charge in [-0.25, -0.2) is 4.98 Å². The maximum absolute atomic E-state index is 5.70. The molecule has 0 spiro atoms. The van der Waals surface area contributed by atoms with Crippen molar-refractivity contribution < 1.29 is 4.62 Å². The Balaban J connectivity index is 1.65. The molecule has 18 heavy (non-hydrogen) atoms. The van der Waals surface area contributed by atoms with Gasteiger partial charge in [-0.15, -0.1) is 5.10 Å². The van der Waals surface area contributed by atoms with Crippen LogP contribution in [-0.4, -0.2) is 43.9 Å². The van der Waals surface area contributed by atoms with Crippen molar-refractivity contribution >= 4 is 20.0 Å². The average molecular weight is 265 g/mol. The van der Waals surface area contributed by atoms with Crippen molar-refractivity contribution in [1.29, 1.82) is 0 Å². The summed E-state index contributed by atoms with van der Waals surface area (Å²) in [5.74, 6) is 0.426. The predicted octanol–water partition coefficient (Wildman–Crippen LogP) is 1.29. The second-order valence-corrected chi connectivity index (χ2v) is 5.69. The van der Waals surface area contributed by atoms with Crippen LogP contribution in [0.3, 0.4) is 0 Å². The third-order valence-corrected chi connectivity index (χ3v) is 4.16. The molecule has 0 aromatic carbocycles. The van der Waals surface area contributed by atoms with Crippen molar-refractivity contribution in [2.75, 3.05) is 13.1 Å². The van der Waals surface area contributed by atoms with Crippen molar-refractivity contribution in [2.45, 2.75) is 25.5 Å². The fraction of sp³-hybridized carbons (Fsp3) is 0.545. The Morgan fingerprint density at radius 1 is 1.39 bits per heavy atom. The molecule has 1 saturated heterocycles. The Morgan fingerprint density at radius 2 is 2.22 bits per heavy atom. The first-order chi connectivity index (χ1) is 8.84. The summed E-state index contributed by atoms with van der Waals surface area (Å²) in [6, 6.07) is 3.72. The smallest absolute Gasteiger partial charge is 0.219 e. The summed E-state index contributed by atoms with van der Waals surface area (Å²) in [6.07, 6.45) is 4.31. The van der Waals surface area contributed by atoms with Crippen molar-refractivity contribution in [1.82, 2.24) is 25.0 Å². The first-order valence-corrected chi connectivity index (χ1v) is 7.16. The van der Waals surface area contributed by atoms with E-state index in [1.54, 1.807) is 6.20 Å². The van der Waals surface area contributed by atoms with Crippen molar-refractivity contribution in [2.24, 2.45) is 0 Å². The van der Waals surface area contributed by atoms with Gasteiger partial charge in [0.1, 0.15) is 14.3 Å². The maximum atomic E-state index is 5.70. The highest BCUT2D eigenvalue weighted by molar-refractivity contribution is 7.33. The number of rotatable bonds is 4. The van der Waals surface area contributed by atoms with Crippen LogP contribution in [-0.2, 0) is 0 Å². The molecule has 7 heteroatoms. The third kappa shape index (κ3) is 2.31. The van der Waals surface area contributed by atoms with Gasteiger partial charge < -0.3 is 4.62 Å². The minimum atomic E-state index is 0.344. The van der Waals surface area contributed by atoms with Gasteiger partial charge in [-0.2, -0.15) is 0 Å². The summed E-state index contributed by atoms with van der Waals surface area (Å²) in [5.41, 5.74) is 1.44. The molecule has 2 atom stereocenters. The first kappa shape index (κ1) is 11.8. The molecule has 2 aromatic rings. The van der Waals surface area contributed by atoms with Gasteiger partial charge in [0.05, 0.1) is 5.78 Å². The Morgan fingerprint density at radius 3 is 3.06 bits per heavy atom. The van der Waals surface area contributed by atoms with Gasteiger partial charge >= 0.3 is 0 Å². The summed E-state index contributed by atoms with van der Waals surface area (Å²) in [7, 11) is 0.344. The van der Waals surface area contributed by atoms with Crippen LogP contribution in [0.15, 0.2) is 18.3 Å². The van der Waals surface area contributed by atoms with Crippen LogP contribution in [0.2, 0.25) is 0 Å². The molecule has 0 amide bonds. The zero-order chi connectivity index (χ0) is 12.4. The van der Waals surface area contributed by atoms with Crippen molar-refractivity contribution in [3.8, 4) is 0 Å². The molecule has 0 saturated carbocycles. The van der Waals surface area contributed by atoms with Crippen molar-refractivity contribution in [3.05, 3.63) is 18.3 Å². The standard InChI is InChI=1S/C11H16N5OP/c1-9(15-7-2-3-8-15)18-17-16-11-10(13-14-16)5-4-6-12-11/h4-6,9,18H,2-3,7-8H2,1H3. The summed E-state index contributed by atoms with van der Waals surface area (Å²) >= 11 is 0. The van der Waals surface area contributed by atoms with Crippen LogP contribution < -0.4 is 4.62 Å². The number of pyridine rings is 1. The first-order valence-electron chi connectivity index (χ1n) is 6.18. The van der Waals surface area contributed by atoms with Crippen LogP contribution in [0.4, 0.5) is 0 Å². The van der Waals surface area contributed by atoms with Gasteiger partial charge in [-0.1, -0.05) is 4.85 Å². The lowest BCUT2D eigenvalue weighted by molar-refractivity contribution is 0.247. The number of hydrogen-bond acceptors (Lipinski definition) is 5. The number of aromatic nitrogens is 4. The van der Waals surface area contributed by atoms with Crippen LogP contribution in [0.5, 0.6) is 0 Å². The van der Waals surface area contributed by atoms with Gasteiger partial charge in [0.2, 0.25) is 5.65 Å². The summed E-state index contributed by atoms with van der Waals surface area (Å²) in [5, 5.41) is 7.97. The van der Waals surface area contributed by atoms with Gasteiger partial charge in [-0.3, -0.25) is 4.90 Å². The molecule has 1 aliphatic rings. The Bertz CT molecular complexity index is 525. The Labute approximate surface area is 107 Å². The third-order valence-electron chi connectivity index (χ3n) is 3.18. The van der Waals surface area contributed by atoms with Crippen molar-refractivity contribution in [3.63, 3.8) is 0 Å². The number of nitrogens with zero attached hydrogens (tertiary/aromatic N) is 5. The monoisotopic (exact) mass is 265 g/mol. The van der Waals surface area contributed by atoms with Gasteiger partial charge in [0, 0.05) is 6.20 Å². The lowest BCUT2D eigenvalue weighted by atomic mass is 10.4. The van der Waals surface area contributed by atoms with E-state index in [0.717, 1.165) is 5.52 Å². The fourth-order valence-electron chi connectivity index (χ4n) is 2.14. The summed E-state index contributed by atoms with van der Waals surface area (Å²) in [6.45, 7) is 4.54. The molecular formula is C11H16N5OP. The summed E-state index contributed by atoms with van der Waals surface area (Å²) in [4.78, 5) is 8.10. The molecule has 3 heterocycles. The zero-order valence-corrected chi connectivity index (χ0v) is 11.3. The Hall–Kier alpha value is -1.26. The highest BCUT2D eigenvalue weighted by Crippen LogP contribution is 2.24. The molecule has 1 aliphatic heterocycles. The normalized spacial score (nSPS) is 18.9. The zero-order valence-electron chi connectivity index (χ0n) is 10.3. The van der Waals surface area contributed by atoms with E-state index in [1.807, 2.05) is 12.1 Å². The minimum absolute atomic E-state index is 0.344. The molecule has 3 rings (SSSR count). The average Bonchev–Trinajstić information content (AvgIpc) is 3.06. The minimum Gasteiger partial charge on any atom is -0.376 e. The molecule has 0 aliphatic carbocycles. The lowest BCUT2D eigenvalue weighted by Crippen LogP contribution is -2.28. The van der Waals surface area contributed by atoms with E-state index in [0.29, 0.717) is 20.2 Å². The topological polar surface area (TPSA) is 56.1 Å². The number of hydrogen-bond donors (Lipinski definition) is 0. The quantitative estimate of drug-likeness (QED) is 0.780. The number of likely N-dealkylation sites (tertiary alicyclic amines) is 1. The molecular weight excluding hydrogens is 249 g/mol. The molecule has 6 nitrogen and oxygen atoms in total. The second kappa shape index (κ2) is 5.16. The highest BCUT2D eigenvalue weighted by Gasteiger charge is 2.19. The largest absolute Gasteiger partial charge is 0.376 e. The van der Waals surface area contributed by atoms with E-state index in [4.69, 9.17) is 4.62 Å². The Kier molecular flexibility index (Phi) is 3.39. The molecule has 0 N–H and O–H groups in total. The number of fused-ring (bicyclic) bond motifs is 1. The molecule has 1 fully saturated rings. The van der Waals surface area contributed by atoms with E-state index < -0.39 is 0 Å².